The predicted molar refractivity (Wildman–Crippen MR) is 110 cm³/mol. The van der Waals surface area contributed by atoms with Crippen LogP contribution in [0.5, 0.6) is 0 Å². The average molecular weight is 385 g/mol. The highest BCUT2D eigenvalue weighted by Gasteiger charge is 2.50. The Labute approximate surface area is 163 Å². The second kappa shape index (κ2) is 8.41. The van der Waals surface area contributed by atoms with Crippen LogP contribution in [0.15, 0.2) is 78.2 Å². The van der Waals surface area contributed by atoms with Crippen LogP contribution in [0.1, 0.15) is 38.2 Å². The van der Waals surface area contributed by atoms with Gasteiger partial charge < -0.3 is 4.74 Å². The average Bonchev–Trinajstić information content (AvgIpc) is 3.35. The molecule has 0 amide bonds. The van der Waals surface area contributed by atoms with Crippen LogP contribution in [-0.4, -0.2) is 25.4 Å². The van der Waals surface area contributed by atoms with E-state index in [0.29, 0.717) is 11.3 Å². The third-order valence-electron chi connectivity index (χ3n) is 5.47. The zero-order valence-electron chi connectivity index (χ0n) is 15.9. The van der Waals surface area contributed by atoms with E-state index in [1.54, 1.807) is 30.3 Å². The molecular weight excluding hydrogens is 356 g/mol. The fourth-order valence-corrected chi connectivity index (χ4v) is 5.27. The van der Waals surface area contributed by atoms with Crippen molar-refractivity contribution in [3.05, 3.63) is 78.9 Å². The van der Waals surface area contributed by atoms with Gasteiger partial charge in [-0.1, -0.05) is 54.6 Å². The molecule has 0 radical (unpaired) electrons. The largest absolute Gasteiger partial charge is 0.366 e. The van der Waals surface area contributed by atoms with E-state index in [4.69, 9.17) is 4.74 Å². The van der Waals surface area contributed by atoms with Gasteiger partial charge in [0.2, 0.25) is 0 Å². The number of ether oxygens (including phenoxy) is 1. The number of epoxide rings is 1. The summed E-state index contributed by atoms with van der Waals surface area (Å²) >= 11 is 0. The predicted octanol–water partition coefficient (Wildman–Crippen LogP) is 4.98. The van der Waals surface area contributed by atoms with E-state index in [2.05, 4.69) is 37.8 Å². The molecule has 1 saturated heterocycles. The molecule has 144 valence electrons. The van der Waals surface area contributed by atoms with E-state index >= 15 is 0 Å². The normalized spacial score (nSPS) is 22.9. The van der Waals surface area contributed by atoms with Crippen LogP contribution in [0.3, 0.4) is 0 Å². The molecular formula is C23H28O3S. The highest BCUT2D eigenvalue weighted by molar-refractivity contribution is 7.92. The van der Waals surface area contributed by atoms with Crippen LogP contribution in [0.2, 0.25) is 0 Å². The summed E-state index contributed by atoms with van der Waals surface area (Å²) in [6, 6.07) is 19.1. The molecule has 3 atom stereocenters. The van der Waals surface area contributed by atoms with Crippen LogP contribution in [-0.2, 0) is 21.0 Å². The van der Waals surface area contributed by atoms with Gasteiger partial charge in [0.1, 0.15) is 0 Å². The number of sulfone groups is 1. The quantitative estimate of drug-likeness (QED) is 0.429. The van der Waals surface area contributed by atoms with Gasteiger partial charge in [-0.15, -0.1) is 6.58 Å². The number of hydrogen-bond acceptors (Lipinski definition) is 3. The van der Waals surface area contributed by atoms with Gasteiger partial charge in [0, 0.05) is 0 Å². The highest BCUT2D eigenvalue weighted by Crippen LogP contribution is 2.43. The second-order valence-corrected chi connectivity index (χ2v) is 9.63. The first-order valence-corrected chi connectivity index (χ1v) is 11.1. The Hall–Kier alpha value is -1.91. The Morgan fingerprint density at radius 1 is 1.11 bits per heavy atom. The topological polar surface area (TPSA) is 46.7 Å². The molecule has 1 heterocycles. The molecule has 0 aromatic heterocycles. The Morgan fingerprint density at radius 2 is 1.74 bits per heavy atom. The zero-order valence-corrected chi connectivity index (χ0v) is 16.7. The summed E-state index contributed by atoms with van der Waals surface area (Å²) in [4.78, 5) is 0.365. The second-order valence-electron chi connectivity index (χ2n) is 7.47. The van der Waals surface area contributed by atoms with E-state index in [1.807, 2.05) is 12.1 Å². The van der Waals surface area contributed by atoms with Gasteiger partial charge in [-0.3, -0.25) is 0 Å². The molecule has 0 bridgehead atoms. The first kappa shape index (κ1) is 19.8. The molecule has 1 aliphatic rings. The molecule has 0 spiro atoms. The van der Waals surface area contributed by atoms with Gasteiger partial charge in [0.25, 0.3) is 0 Å². The molecule has 0 N–H and O–H groups in total. The zero-order chi connectivity index (χ0) is 19.3. The molecule has 2 aromatic rings. The molecule has 3 nitrogen and oxygen atoms in total. The van der Waals surface area contributed by atoms with E-state index in [-0.39, 0.29) is 11.7 Å². The molecule has 0 saturated carbocycles. The minimum Gasteiger partial charge on any atom is -0.366 e. The van der Waals surface area contributed by atoms with Gasteiger partial charge in [-0.2, -0.15) is 0 Å². The fraction of sp³-hybridized carbons (Fsp3) is 0.391. The smallest absolute Gasteiger partial charge is 0.184 e. The lowest BCUT2D eigenvalue weighted by Crippen LogP contribution is -2.20. The van der Waals surface area contributed by atoms with E-state index in [9.17, 15) is 8.42 Å². The van der Waals surface area contributed by atoms with Crippen LogP contribution < -0.4 is 0 Å². The van der Waals surface area contributed by atoms with Gasteiger partial charge in [-0.05, 0) is 56.7 Å². The summed E-state index contributed by atoms with van der Waals surface area (Å²) in [6.07, 6.45) is 6.11. The minimum absolute atomic E-state index is 0.114. The Bertz CT molecular complexity index is 846. The Morgan fingerprint density at radius 3 is 2.37 bits per heavy atom. The van der Waals surface area contributed by atoms with Crippen molar-refractivity contribution in [2.75, 3.05) is 0 Å². The number of rotatable bonds is 10. The van der Waals surface area contributed by atoms with Gasteiger partial charge in [0.05, 0.1) is 21.9 Å². The summed E-state index contributed by atoms with van der Waals surface area (Å²) in [5.74, 6) is 0. The van der Waals surface area contributed by atoms with Crippen molar-refractivity contribution in [2.24, 2.45) is 0 Å². The van der Waals surface area contributed by atoms with Crippen molar-refractivity contribution in [3.8, 4) is 0 Å². The summed E-state index contributed by atoms with van der Waals surface area (Å²) in [6.45, 7) is 5.89. The third kappa shape index (κ3) is 4.88. The summed E-state index contributed by atoms with van der Waals surface area (Å²) in [7, 11) is -3.37. The lowest BCUT2D eigenvalue weighted by molar-refractivity contribution is 0.289. The highest BCUT2D eigenvalue weighted by atomic mass is 32.2. The lowest BCUT2D eigenvalue weighted by Gasteiger charge is -2.15. The molecule has 27 heavy (non-hydrogen) atoms. The van der Waals surface area contributed by atoms with Crippen LogP contribution in [0.25, 0.3) is 0 Å². The lowest BCUT2D eigenvalue weighted by atomic mass is 9.95. The molecule has 2 aromatic carbocycles. The molecule has 1 aliphatic heterocycles. The number of aryl methyl sites for hydroxylation is 1. The van der Waals surface area contributed by atoms with Gasteiger partial charge in [0.15, 0.2) is 9.84 Å². The molecule has 0 aliphatic carbocycles. The summed E-state index contributed by atoms with van der Waals surface area (Å²) in [5, 5.41) is -0.551. The molecule has 3 unspecified atom stereocenters. The van der Waals surface area contributed by atoms with Crippen molar-refractivity contribution in [1.29, 1.82) is 0 Å². The first-order chi connectivity index (χ1) is 13.0. The van der Waals surface area contributed by atoms with E-state index in [1.165, 1.54) is 5.56 Å². The standard InChI is InChI=1S/C23H28O3S/c1-3-20(27(24,25)21-13-8-5-9-14-21)15-10-18-23(2)22(26-23)17-16-19-11-6-4-7-12-19/h3-9,11-14,20,22H,1,10,15-18H2,2H3. The maximum absolute atomic E-state index is 12.8. The molecule has 4 heteroatoms. The van der Waals surface area contributed by atoms with Crippen molar-refractivity contribution < 1.29 is 13.2 Å². The molecule has 1 fully saturated rings. The van der Waals surface area contributed by atoms with Crippen molar-refractivity contribution in [1.82, 2.24) is 0 Å². The first-order valence-electron chi connectivity index (χ1n) is 9.59. The summed E-state index contributed by atoms with van der Waals surface area (Å²) in [5.41, 5.74) is 1.22. The van der Waals surface area contributed by atoms with Gasteiger partial charge >= 0.3 is 0 Å². The van der Waals surface area contributed by atoms with Crippen molar-refractivity contribution in [2.45, 2.75) is 60.9 Å². The maximum atomic E-state index is 12.8. The Balaban J connectivity index is 1.48. The van der Waals surface area contributed by atoms with Gasteiger partial charge in [-0.25, -0.2) is 8.42 Å². The van der Waals surface area contributed by atoms with Crippen LogP contribution in [0, 0.1) is 0 Å². The van der Waals surface area contributed by atoms with E-state index in [0.717, 1.165) is 25.7 Å². The number of benzene rings is 2. The Kier molecular flexibility index (Phi) is 6.18. The van der Waals surface area contributed by atoms with E-state index < -0.39 is 15.1 Å². The fourth-order valence-electron chi connectivity index (χ4n) is 3.66. The number of hydrogen-bond donors (Lipinski definition) is 0. The third-order valence-corrected chi connectivity index (χ3v) is 7.62. The van der Waals surface area contributed by atoms with Crippen molar-refractivity contribution in [3.63, 3.8) is 0 Å². The maximum Gasteiger partial charge on any atom is 0.184 e. The minimum atomic E-state index is -3.37. The van der Waals surface area contributed by atoms with Crippen LogP contribution in [0.4, 0.5) is 0 Å². The molecule has 3 rings (SSSR count). The summed E-state index contributed by atoms with van der Waals surface area (Å²) < 4.78 is 31.4. The SMILES string of the molecule is C=CC(CCCC1(C)OC1CCc1ccccc1)S(=O)(=O)c1ccccc1. The monoisotopic (exact) mass is 384 g/mol. The van der Waals surface area contributed by atoms with Crippen LogP contribution >= 0.6 is 0 Å². The van der Waals surface area contributed by atoms with Crippen molar-refractivity contribution >= 4 is 9.84 Å².